The normalized spacial score (nSPS) is 24.7. The first kappa shape index (κ1) is 17.4. The number of hydrogen-bond acceptors (Lipinski definition) is 6. The van der Waals surface area contributed by atoms with E-state index in [9.17, 15) is 18.3 Å². The van der Waals surface area contributed by atoms with Gasteiger partial charge >= 0.3 is 6.18 Å². The molecule has 1 aliphatic carbocycles. The molecule has 3 unspecified atom stereocenters. The monoisotopic (exact) mass is 360 g/mol. The third-order valence-electron chi connectivity index (χ3n) is 4.30. The number of fused-ring (bicyclic) bond motifs is 1. The van der Waals surface area contributed by atoms with Crippen LogP contribution in [0.3, 0.4) is 0 Å². The third-order valence-corrected chi connectivity index (χ3v) is 5.34. The maximum atomic E-state index is 12.6. The summed E-state index contributed by atoms with van der Waals surface area (Å²) in [5, 5.41) is 10.6. The van der Waals surface area contributed by atoms with Crippen LogP contribution < -0.4 is 10.6 Å². The van der Waals surface area contributed by atoms with Crippen molar-refractivity contribution in [1.82, 2.24) is 9.97 Å². The lowest BCUT2D eigenvalue weighted by Gasteiger charge is -2.24. The second-order valence-electron chi connectivity index (χ2n) is 6.36. The summed E-state index contributed by atoms with van der Waals surface area (Å²) in [6.45, 7) is 0.547. The number of anilines is 1. The van der Waals surface area contributed by atoms with Crippen molar-refractivity contribution >= 4 is 27.4 Å². The Balaban J connectivity index is 1.83. The molecule has 1 aliphatic rings. The molecule has 9 heteroatoms. The van der Waals surface area contributed by atoms with Crippen LogP contribution in [-0.4, -0.2) is 47.0 Å². The van der Waals surface area contributed by atoms with Gasteiger partial charge in [0.25, 0.3) is 0 Å². The van der Waals surface area contributed by atoms with Gasteiger partial charge in [0.2, 0.25) is 0 Å². The first-order chi connectivity index (χ1) is 11.2. The second-order valence-corrected chi connectivity index (χ2v) is 7.48. The maximum Gasteiger partial charge on any atom is 0.393 e. The van der Waals surface area contributed by atoms with Gasteiger partial charge in [0, 0.05) is 30.4 Å². The number of aromatic nitrogens is 2. The molecule has 0 spiro atoms. The van der Waals surface area contributed by atoms with Crippen LogP contribution in [0, 0.1) is 5.92 Å². The highest BCUT2D eigenvalue weighted by Gasteiger charge is 2.32. The van der Waals surface area contributed by atoms with E-state index in [2.05, 4.69) is 9.97 Å². The Hall–Kier alpha value is -1.45. The van der Waals surface area contributed by atoms with E-state index < -0.39 is 18.7 Å². The van der Waals surface area contributed by atoms with Crippen LogP contribution in [0.15, 0.2) is 12.4 Å². The Morgan fingerprint density at radius 1 is 1.38 bits per heavy atom. The molecule has 132 valence electrons. The van der Waals surface area contributed by atoms with Gasteiger partial charge in [-0.3, -0.25) is 0 Å². The lowest BCUT2D eigenvalue weighted by molar-refractivity contribution is -0.126. The first-order valence-electron chi connectivity index (χ1n) is 7.68. The Morgan fingerprint density at radius 2 is 2.12 bits per heavy atom. The molecule has 3 atom stereocenters. The van der Waals surface area contributed by atoms with E-state index >= 15 is 0 Å². The fraction of sp³-hybridized carbons (Fsp3) is 0.600. The lowest BCUT2D eigenvalue weighted by Crippen LogP contribution is -2.30. The Labute approximate surface area is 141 Å². The summed E-state index contributed by atoms with van der Waals surface area (Å²) in [5.74, 6) is 0.612. The summed E-state index contributed by atoms with van der Waals surface area (Å²) in [4.78, 5) is 10.9. The molecule has 5 nitrogen and oxygen atoms in total. The van der Waals surface area contributed by atoms with Crippen LogP contribution in [0.2, 0.25) is 0 Å². The van der Waals surface area contributed by atoms with Crippen molar-refractivity contribution in [2.75, 3.05) is 18.5 Å². The molecule has 3 rings (SSSR count). The first-order valence-corrected chi connectivity index (χ1v) is 8.49. The molecule has 0 amide bonds. The average Bonchev–Trinajstić information content (AvgIpc) is 2.98. The van der Waals surface area contributed by atoms with E-state index in [0.717, 1.165) is 17.8 Å². The van der Waals surface area contributed by atoms with Crippen molar-refractivity contribution < 1.29 is 18.3 Å². The average molecular weight is 360 g/mol. The van der Waals surface area contributed by atoms with Gasteiger partial charge in [-0.1, -0.05) is 0 Å². The number of halogens is 3. The Kier molecular flexibility index (Phi) is 4.67. The van der Waals surface area contributed by atoms with Gasteiger partial charge < -0.3 is 15.7 Å². The molecule has 1 fully saturated rings. The summed E-state index contributed by atoms with van der Waals surface area (Å²) in [6.07, 6.45) is -3.01. The molecule has 0 saturated heterocycles. The van der Waals surface area contributed by atoms with Crippen LogP contribution in [0.25, 0.3) is 10.2 Å². The van der Waals surface area contributed by atoms with E-state index in [0.29, 0.717) is 29.0 Å². The van der Waals surface area contributed by atoms with Crippen molar-refractivity contribution in [1.29, 1.82) is 0 Å². The quantitative estimate of drug-likeness (QED) is 0.875. The van der Waals surface area contributed by atoms with Gasteiger partial charge in [0.15, 0.2) is 0 Å². The Morgan fingerprint density at radius 3 is 2.75 bits per heavy atom. The number of aliphatic hydroxyl groups excluding tert-OH is 1. The van der Waals surface area contributed by atoms with Crippen LogP contribution in [0.5, 0.6) is 0 Å². The molecular weight excluding hydrogens is 341 g/mol. The summed E-state index contributed by atoms with van der Waals surface area (Å²) in [7, 11) is 1.82. The van der Waals surface area contributed by atoms with Gasteiger partial charge in [0.1, 0.15) is 17.0 Å². The predicted molar refractivity (Wildman–Crippen MR) is 87.2 cm³/mol. The fourth-order valence-corrected chi connectivity index (χ4v) is 4.28. The van der Waals surface area contributed by atoms with E-state index in [1.165, 1.54) is 12.4 Å². The minimum atomic E-state index is -4.25. The molecular formula is C15H19F3N4OS. The highest BCUT2D eigenvalue weighted by atomic mass is 32.1. The smallest absolute Gasteiger partial charge is 0.393 e. The molecule has 24 heavy (non-hydrogen) atoms. The number of nitrogens with two attached hydrogens (primary N) is 1. The van der Waals surface area contributed by atoms with Gasteiger partial charge in [-0.25, -0.2) is 9.97 Å². The number of rotatable bonds is 4. The standard InChI is InChI=1S/C15H19F3N4OS/c1-22(6-8-2-9(19)3-12(8)23)13-11-4-10(5-15(16,17)18)24-14(11)21-7-20-13/h4,7-9,12,23H,2-3,5-6,19H2,1H3. The topological polar surface area (TPSA) is 75.3 Å². The second kappa shape index (κ2) is 6.45. The van der Waals surface area contributed by atoms with Gasteiger partial charge in [-0.2, -0.15) is 13.2 Å². The molecule has 0 aromatic carbocycles. The van der Waals surface area contributed by atoms with Crippen LogP contribution >= 0.6 is 11.3 Å². The zero-order chi connectivity index (χ0) is 17.5. The highest BCUT2D eigenvalue weighted by Crippen LogP contribution is 2.34. The minimum absolute atomic E-state index is 0.0108. The number of hydrogen-bond donors (Lipinski definition) is 2. The van der Waals surface area contributed by atoms with Gasteiger partial charge in [-0.15, -0.1) is 11.3 Å². The summed E-state index contributed by atoms with van der Waals surface area (Å²) < 4.78 is 37.8. The van der Waals surface area contributed by atoms with Crippen molar-refractivity contribution in [3.8, 4) is 0 Å². The zero-order valence-electron chi connectivity index (χ0n) is 13.1. The summed E-state index contributed by atoms with van der Waals surface area (Å²) >= 11 is 1.03. The Bertz CT molecular complexity index is 720. The summed E-state index contributed by atoms with van der Waals surface area (Å²) in [5.41, 5.74) is 5.87. The van der Waals surface area contributed by atoms with Gasteiger partial charge in [0.05, 0.1) is 17.9 Å². The molecule has 0 bridgehead atoms. The molecule has 1 saturated carbocycles. The number of thiophene rings is 1. The van der Waals surface area contributed by atoms with Crippen LogP contribution in [0.4, 0.5) is 19.0 Å². The molecule has 2 aromatic rings. The van der Waals surface area contributed by atoms with E-state index in [1.54, 1.807) is 0 Å². The van der Waals surface area contributed by atoms with Crippen LogP contribution in [0.1, 0.15) is 17.7 Å². The van der Waals surface area contributed by atoms with Crippen LogP contribution in [-0.2, 0) is 6.42 Å². The molecule has 3 N–H and O–H groups in total. The van der Waals surface area contributed by atoms with E-state index in [1.807, 2.05) is 11.9 Å². The molecule has 0 radical (unpaired) electrons. The van der Waals surface area contributed by atoms with Crippen molar-refractivity contribution in [2.24, 2.45) is 11.7 Å². The van der Waals surface area contributed by atoms with E-state index in [4.69, 9.17) is 5.73 Å². The number of alkyl halides is 3. The number of aliphatic hydroxyl groups is 1. The molecule has 2 aromatic heterocycles. The zero-order valence-corrected chi connectivity index (χ0v) is 13.9. The van der Waals surface area contributed by atoms with Crippen molar-refractivity contribution in [2.45, 2.75) is 37.6 Å². The molecule has 2 heterocycles. The van der Waals surface area contributed by atoms with E-state index in [-0.39, 0.29) is 16.8 Å². The van der Waals surface area contributed by atoms with Crippen molar-refractivity contribution in [3.63, 3.8) is 0 Å². The fourth-order valence-electron chi connectivity index (χ4n) is 3.26. The minimum Gasteiger partial charge on any atom is -0.393 e. The summed E-state index contributed by atoms with van der Waals surface area (Å²) in [6, 6.07) is 1.50. The largest absolute Gasteiger partial charge is 0.393 e. The predicted octanol–water partition coefficient (Wildman–Crippen LogP) is 2.33. The highest BCUT2D eigenvalue weighted by molar-refractivity contribution is 7.18. The van der Waals surface area contributed by atoms with Gasteiger partial charge in [-0.05, 0) is 18.9 Å². The number of nitrogens with zero attached hydrogens (tertiary/aromatic N) is 3. The van der Waals surface area contributed by atoms with Crippen molar-refractivity contribution in [3.05, 3.63) is 17.3 Å². The molecule has 0 aliphatic heterocycles. The lowest BCUT2D eigenvalue weighted by atomic mass is 10.1. The maximum absolute atomic E-state index is 12.6. The third kappa shape index (κ3) is 3.79. The SMILES string of the molecule is CN(CC1CC(N)CC1O)c1ncnc2sc(CC(F)(F)F)cc12.